The number of primary amides is 1. The first-order valence-electron chi connectivity index (χ1n) is 12.6. The monoisotopic (exact) mass is 525 g/mol. The molecule has 0 bridgehead atoms. The van der Waals surface area contributed by atoms with Gasteiger partial charge in [-0.3, -0.25) is 14.4 Å². The average molecular weight is 526 g/mol. The summed E-state index contributed by atoms with van der Waals surface area (Å²) in [5, 5.41) is 5.79. The van der Waals surface area contributed by atoms with Crippen LogP contribution in [0.2, 0.25) is 0 Å². The van der Waals surface area contributed by atoms with Crippen molar-refractivity contribution in [3.05, 3.63) is 58.8 Å². The zero-order valence-corrected chi connectivity index (χ0v) is 22.5. The van der Waals surface area contributed by atoms with Crippen molar-refractivity contribution in [3.63, 3.8) is 0 Å². The second-order valence-corrected chi connectivity index (χ2v) is 9.83. The van der Waals surface area contributed by atoms with E-state index in [2.05, 4.69) is 20.6 Å². The highest BCUT2D eigenvalue weighted by Crippen LogP contribution is 2.41. The molecule has 1 saturated carbocycles. The number of benzene rings is 1. The molecular weight excluding hydrogens is 489 g/mol. The number of likely N-dealkylation sites (N-methyl/N-ethyl adjacent to an activating group) is 2. The van der Waals surface area contributed by atoms with Gasteiger partial charge in [-0.05, 0) is 71.0 Å². The largest absolute Gasteiger partial charge is 0.364 e. The van der Waals surface area contributed by atoms with Gasteiger partial charge in [0.05, 0.1) is 11.4 Å². The lowest BCUT2D eigenvalue weighted by Gasteiger charge is -2.23. The van der Waals surface area contributed by atoms with E-state index in [0.717, 1.165) is 18.5 Å². The Bertz CT molecular complexity index is 1230. The maximum Gasteiger partial charge on any atom is 0.271 e. The zero-order valence-electron chi connectivity index (χ0n) is 22.5. The Kier molecular flexibility index (Phi) is 9.51. The van der Waals surface area contributed by atoms with Gasteiger partial charge in [-0.25, -0.2) is 14.4 Å². The molecule has 1 heterocycles. The van der Waals surface area contributed by atoms with Crippen molar-refractivity contribution in [1.29, 1.82) is 0 Å². The third-order valence-corrected chi connectivity index (χ3v) is 6.28. The van der Waals surface area contributed by atoms with Crippen LogP contribution in [0.3, 0.4) is 0 Å². The minimum absolute atomic E-state index is 0.00538. The fraction of sp³-hybridized carbons (Fsp3) is 0.444. The van der Waals surface area contributed by atoms with E-state index < -0.39 is 17.8 Å². The number of nitrogens with two attached hydrogens (primary N) is 1. The number of carbonyl (C=O) groups is 3. The second kappa shape index (κ2) is 12.6. The summed E-state index contributed by atoms with van der Waals surface area (Å²) in [5.41, 5.74) is 7.98. The van der Waals surface area contributed by atoms with Gasteiger partial charge in [0.1, 0.15) is 11.9 Å². The number of hydrogen-bond donors (Lipinski definition) is 3. The number of aryl methyl sites for hydroxylation is 1. The van der Waals surface area contributed by atoms with Crippen LogP contribution in [0, 0.1) is 12.7 Å². The third-order valence-electron chi connectivity index (χ3n) is 6.28. The topological polar surface area (TPSA) is 134 Å². The molecule has 0 unspecified atom stereocenters. The Morgan fingerprint density at radius 3 is 2.53 bits per heavy atom. The molecule has 0 radical (unpaired) electrons. The predicted octanol–water partition coefficient (Wildman–Crippen LogP) is 2.27. The number of aromatic nitrogens is 2. The molecule has 1 aromatic heterocycles. The Labute approximate surface area is 222 Å². The highest BCUT2D eigenvalue weighted by molar-refractivity contribution is 5.96. The van der Waals surface area contributed by atoms with Gasteiger partial charge in [0.25, 0.3) is 5.91 Å². The van der Waals surface area contributed by atoms with E-state index in [9.17, 15) is 18.8 Å². The number of nitrogens with one attached hydrogen (secondary N) is 2. The van der Waals surface area contributed by atoms with Crippen LogP contribution in [0.4, 0.5) is 15.9 Å². The van der Waals surface area contributed by atoms with E-state index in [-0.39, 0.29) is 29.9 Å². The summed E-state index contributed by atoms with van der Waals surface area (Å²) < 4.78 is 14.4. The van der Waals surface area contributed by atoms with Gasteiger partial charge in [-0.1, -0.05) is 6.08 Å². The highest BCUT2D eigenvalue weighted by Gasteiger charge is 2.29. The number of amides is 3. The molecule has 2 aromatic rings. The van der Waals surface area contributed by atoms with Crippen LogP contribution < -0.4 is 16.4 Å². The summed E-state index contributed by atoms with van der Waals surface area (Å²) in [5.74, 6) is -1.29. The van der Waals surface area contributed by atoms with Gasteiger partial charge >= 0.3 is 0 Å². The standard InChI is InChI=1S/C27H36FN7O3/c1-16-23(19-8-9-19)33-26(24(31-16)25(29)37)32-21-14-18(13-20(28)15-21)10-11-30-27(38)17(2)35(5)22(36)7-6-12-34(3)4/h6-7,13-15,17,19H,8-12H2,1-5H3,(H2,29,37)(H,30,38)(H,32,33)/b7-6+/t17-/m0/s1. The van der Waals surface area contributed by atoms with Gasteiger partial charge < -0.3 is 26.2 Å². The maximum atomic E-state index is 14.4. The summed E-state index contributed by atoms with van der Waals surface area (Å²) in [7, 11) is 5.36. The van der Waals surface area contributed by atoms with E-state index in [1.165, 1.54) is 23.1 Å². The summed E-state index contributed by atoms with van der Waals surface area (Å²) >= 11 is 0. The average Bonchev–Trinajstić information content (AvgIpc) is 3.68. The summed E-state index contributed by atoms with van der Waals surface area (Å²) in [6.07, 6.45) is 5.55. The lowest BCUT2D eigenvalue weighted by atomic mass is 10.1. The molecule has 0 saturated heterocycles. The molecule has 0 aliphatic heterocycles. The first-order valence-corrected chi connectivity index (χ1v) is 12.6. The van der Waals surface area contributed by atoms with Crippen molar-refractivity contribution >= 4 is 29.2 Å². The molecule has 38 heavy (non-hydrogen) atoms. The quantitative estimate of drug-likeness (QED) is 0.362. The third kappa shape index (κ3) is 7.82. The van der Waals surface area contributed by atoms with Crippen molar-refractivity contribution in [2.45, 2.75) is 45.1 Å². The van der Waals surface area contributed by atoms with E-state index in [1.54, 1.807) is 33.0 Å². The fourth-order valence-corrected chi connectivity index (χ4v) is 3.86. The molecule has 3 amide bonds. The minimum atomic E-state index is -0.726. The molecule has 3 rings (SSSR count). The van der Waals surface area contributed by atoms with E-state index in [4.69, 9.17) is 5.73 Å². The van der Waals surface area contributed by atoms with Crippen LogP contribution in [0.1, 0.15) is 53.1 Å². The summed E-state index contributed by atoms with van der Waals surface area (Å²) in [4.78, 5) is 49.0. The van der Waals surface area contributed by atoms with Crippen LogP contribution in [-0.2, 0) is 16.0 Å². The Morgan fingerprint density at radius 2 is 1.89 bits per heavy atom. The number of anilines is 2. The van der Waals surface area contributed by atoms with E-state index >= 15 is 0 Å². The Hall–Kier alpha value is -3.86. The number of rotatable bonds is 12. The van der Waals surface area contributed by atoms with Crippen molar-refractivity contribution < 1.29 is 18.8 Å². The Morgan fingerprint density at radius 1 is 1.18 bits per heavy atom. The fourth-order valence-electron chi connectivity index (χ4n) is 3.86. The molecule has 1 fully saturated rings. The van der Waals surface area contributed by atoms with Crippen molar-refractivity contribution in [2.24, 2.45) is 5.73 Å². The number of nitrogens with zero attached hydrogens (tertiary/aromatic N) is 4. The molecule has 11 heteroatoms. The smallest absolute Gasteiger partial charge is 0.271 e. The molecule has 1 aliphatic carbocycles. The molecular formula is C27H36FN7O3. The SMILES string of the molecule is Cc1nc(C(N)=O)c(Nc2cc(F)cc(CCNC(=O)[C@H](C)N(C)C(=O)/C=C/CN(C)C)c2)nc1C1CC1. The highest BCUT2D eigenvalue weighted by atomic mass is 19.1. The molecule has 1 aromatic carbocycles. The number of hydrogen-bond acceptors (Lipinski definition) is 7. The maximum absolute atomic E-state index is 14.4. The van der Waals surface area contributed by atoms with E-state index in [0.29, 0.717) is 35.8 Å². The van der Waals surface area contributed by atoms with Crippen molar-refractivity contribution in [3.8, 4) is 0 Å². The van der Waals surface area contributed by atoms with Crippen LogP contribution in [0.25, 0.3) is 0 Å². The molecule has 1 aliphatic rings. The predicted molar refractivity (Wildman–Crippen MR) is 144 cm³/mol. The second-order valence-electron chi connectivity index (χ2n) is 9.83. The lowest BCUT2D eigenvalue weighted by Crippen LogP contribution is -2.45. The van der Waals surface area contributed by atoms with Gasteiger partial charge in [-0.15, -0.1) is 0 Å². The molecule has 0 spiro atoms. The van der Waals surface area contributed by atoms with Gasteiger partial charge in [0.2, 0.25) is 11.8 Å². The first-order chi connectivity index (χ1) is 18.0. The van der Waals surface area contributed by atoms with Crippen LogP contribution in [0.5, 0.6) is 0 Å². The molecule has 204 valence electrons. The van der Waals surface area contributed by atoms with Crippen LogP contribution in [-0.4, -0.2) is 77.8 Å². The zero-order chi connectivity index (χ0) is 28.0. The minimum Gasteiger partial charge on any atom is -0.364 e. The first kappa shape index (κ1) is 28.7. The lowest BCUT2D eigenvalue weighted by molar-refractivity contribution is -0.135. The van der Waals surface area contributed by atoms with Crippen LogP contribution >= 0.6 is 0 Å². The van der Waals surface area contributed by atoms with Gasteiger partial charge in [0.15, 0.2) is 11.5 Å². The van der Waals surface area contributed by atoms with Gasteiger partial charge in [0, 0.05) is 37.8 Å². The van der Waals surface area contributed by atoms with Crippen LogP contribution in [0.15, 0.2) is 30.4 Å². The summed E-state index contributed by atoms with van der Waals surface area (Å²) in [6.45, 7) is 4.30. The number of carbonyl (C=O) groups excluding carboxylic acids is 3. The molecule has 10 nitrogen and oxygen atoms in total. The van der Waals surface area contributed by atoms with Crippen molar-refractivity contribution in [2.75, 3.05) is 39.5 Å². The number of halogens is 1. The van der Waals surface area contributed by atoms with Crippen molar-refractivity contribution in [1.82, 2.24) is 25.1 Å². The molecule has 4 N–H and O–H groups in total. The van der Waals surface area contributed by atoms with Gasteiger partial charge in [-0.2, -0.15) is 0 Å². The molecule has 1 atom stereocenters. The normalized spacial score (nSPS) is 14.0. The summed E-state index contributed by atoms with van der Waals surface area (Å²) in [6, 6.07) is 3.70. The van der Waals surface area contributed by atoms with E-state index in [1.807, 2.05) is 19.0 Å². The Balaban J connectivity index is 1.63.